The number of benzene rings is 1. The lowest BCUT2D eigenvalue weighted by Gasteiger charge is -2.28. The molecule has 0 unspecified atom stereocenters. The van der Waals surface area contributed by atoms with Gasteiger partial charge in [-0.2, -0.15) is 0 Å². The van der Waals surface area contributed by atoms with Crippen LogP contribution in [0.5, 0.6) is 0 Å². The summed E-state index contributed by atoms with van der Waals surface area (Å²) in [5.41, 5.74) is 2.70. The number of aryl methyl sites for hydroxylation is 1. The number of rotatable bonds is 7. The molecular weight excluding hydrogens is 220 g/mol. The quantitative estimate of drug-likeness (QED) is 0.683. The van der Waals surface area contributed by atoms with Gasteiger partial charge in [-0.25, -0.2) is 0 Å². The Morgan fingerprint density at radius 1 is 1.22 bits per heavy atom. The average molecular weight is 246 g/mol. The third kappa shape index (κ3) is 5.03. The molecule has 0 saturated carbocycles. The first-order valence-corrected chi connectivity index (χ1v) is 6.58. The lowest BCUT2D eigenvalue weighted by Crippen LogP contribution is -2.38. The molecule has 0 radical (unpaired) electrons. The summed E-state index contributed by atoms with van der Waals surface area (Å²) < 4.78 is 0. The molecule has 18 heavy (non-hydrogen) atoms. The Balaban J connectivity index is 2.43. The molecule has 2 nitrogen and oxygen atoms in total. The first-order chi connectivity index (χ1) is 8.52. The number of likely N-dealkylation sites (N-methyl/N-ethyl adjacent to an activating group) is 2. The summed E-state index contributed by atoms with van der Waals surface area (Å²) in [4.78, 5) is 4.69. The molecule has 0 fully saturated rings. The number of hydrogen-bond acceptors (Lipinski definition) is 2. The summed E-state index contributed by atoms with van der Waals surface area (Å²) in [5, 5.41) is 0. The Kier molecular flexibility index (Phi) is 6.10. The predicted octanol–water partition coefficient (Wildman–Crippen LogP) is 2.93. The van der Waals surface area contributed by atoms with Crippen molar-refractivity contribution in [3.05, 3.63) is 48.0 Å². The van der Waals surface area contributed by atoms with Gasteiger partial charge in [-0.3, -0.25) is 4.90 Å². The minimum atomic E-state index is 0.540. The van der Waals surface area contributed by atoms with Crippen LogP contribution in [0.1, 0.15) is 18.1 Å². The van der Waals surface area contributed by atoms with Crippen LogP contribution in [0.3, 0.4) is 0 Å². The lowest BCUT2D eigenvalue weighted by atomic mass is 10.1. The normalized spacial score (nSPS) is 13.0. The van der Waals surface area contributed by atoms with Crippen molar-refractivity contribution in [2.45, 2.75) is 26.4 Å². The zero-order chi connectivity index (χ0) is 13.5. The van der Waals surface area contributed by atoms with Crippen LogP contribution in [-0.2, 0) is 6.54 Å². The molecule has 0 aromatic heterocycles. The molecular formula is C16H26N2. The van der Waals surface area contributed by atoms with Crippen molar-refractivity contribution in [3.63, 3.8) is 0 Å². The third-order valence-electron chi connectivity index (χ3n) is 3.32. The molecule has 1 aromatic rings. The minimum absolute atomic E-state index is 0.540. The summed E-state index contributed by atoms with van der Waals surface area (Å²) in [6.07, 6.45) is 1.95. The maximum Gasteiger partial charge on any atom is 0.0231 e. The second-order valence-electron chi connectivity index (χ2n) is 5.26. The molecule has 0 aliphatic rings. The second kappa shape index (κ2) is 7.34. The van der Waals surface area contributed by atoms with E-state index in [0.717, 1.165) is 19.6 Å². The second-order valence-corrected chi connectivity index (χ2v) is 5.26. The SMILES string of the molecule is C=CCN(C)[C@H](C)CN(C)Cc1ccc(C)cc1. The molecule has 0 aliphatic heterocycles. The van der Waals surface area contributed by atoms with Gasteiger partial charge in [-0.05, 0) is 33.5 Å². The number of nitrogens with zero attached hydrogens (tertiary/aromatic N) is 2. The van der Waals surface area contributed by atoms with E-state index in [-0.39, 0.29) is 0 Å². The highest BCUT2D eigenvalue weighted by atomic mass is 15.2. The van der Waals surface area contributed by atoms with Crippen molar-refractivity contribution in [2.24, 2.45) is 0 Å². The Bertz CT molecular complexity index is 356. The van der Waals surface area contributed by atoms with Crippen molar-refractivity contribution in [1.29, 1.82) is 0 Å². The van der Waals surface area contributed by atoms with Crippen molar-refractivity contribution in [1.82, 2.24) is 9.80 Å². The fraction of sp³-hybridized carbons (Fsp3) is 0.500. The van der Waals surface area contributed by atoms with E-state index in [9.17, 15) is 0 Å². The first-order valence-electron chi connectivity index (χ1n) is 6.58. The molecule has 0 amide bonds. The molecule has 2 heteroatoms. The number of hydrogen-bond donors (Lipinski definition) is 0. The fourth-order valence-corrected chi connectivity index (χ4v) is 2.04. The highest BCUT2D eigenvalue weighted by Crippen LogP contribution is 2.07. The molecule has 0 aliphatic carbocycles. The standard InChI is InChI=1S/C16H26N2/c1-6-11-18(5)15(3)12-17(4)13-16-9-7-14(2)8-10-16/h6-10,15H,1,11-13H2,2-5H3/t15-/m1/s1. The molecule has 1 rings (SSSR count). The summed E-state index contributed by atoms with van der Waals surface area (Å²) >= 11 is 0. The predicted molar refractivity (Wildman–Crippen MR) is 79.8 cm³/mol. The van der Waals surface area contributed by atoms with E-state index < -0.39 is 0 Å². The van der Waals surface area contributed by atoms with Crippen LogP contribution in [0.25, 0.3) is 0 Å². The van der Waals surface area contributed by atoms with E-state index >= 15 is 0 Å². The summed E-state index contributed by atoms with van der Waals surface area (Å²) in [6.45, 7) is 11.2. The van der Waals surface area contributed by atoms with Crippen LogP contribution in [0.4, 0.5) is 0 Å². The van der Waals surface area contributed by atoms with Crippen LogP contribution in [-0.4, -0.2) is 43.0 Å². The van der Waals surface area contributed by atoms with Crippen LogP contribution in [0, 0.1) is 6.92 Å². The molecule has 0 heterocycles. The first kappa shape index (κ1) is 14.9. The molecule has 0 saturated heterocycles. The van der Waals surface area contributed by atoms with Crippen molar-refractivity contribution in [3.8, 4) is 0 Å². The summed E-state index contributed by atoms with van der Waals surface area (Å²) in [5.74, 6) is 0. The van der Waals surface area contributed by atoms with E-state index in [1.165, 1.54) is 11.1 Å². The zero-order valence-corrected chi connectivity index (χ0v) is 12.2. The van der Waals surface area contributed by atoms with Crippen LogP contribution >= 0.6 is 0 Å². The smallest absolute Gasteiger partial charge is 0.0231 e. The lowest BCUT2D eigenvalue weighted by molar-refractivity contribution is 0.202. The topological polar surface area (TPSA) is 6.48 Å². The maximum atomic E-state index is 3.78. The molecule has 1 aromatic carbocycles. The van der Waals surface area contributed by atoms with E-state index in [2.05, 4.69) is 68.6 Å². The van der Waals surface area contributed by atoms with E-state index in [0.29, 0.717) is 6.04 Å². The van der Waals surface area contributed by atoms with Crippen molar-refractivity contribution in [2.75, 3.05) is 27.2 Å². The van der Waals surface area contributed by atoms with Gasteiger partial charge in [0.25, 0.3) is 0 Å². The molecule has 0 spiro atoms. The van der Waals surface area contributed by atoms with Gasteiger partial charge in [-0.1, -0.05) is 35.9 Å². The van der Waals surface area contributed by atoms with Crippen molar-refractivity contribution < 1.29 is 0 Å². The van der Waals surface area contributed by atoms with Crippen molar-refractivity contribution >= 4 is 0 Å². The zero-order valence-electron chi connectivity index (χ0n) is 12.2. The van der Waals surface area contributed by atoms with E-state index in [1.54, 1.807) is 0 Å². The van der Waals surface area contributed by atoms with Crippen LogP contribution in [0.2, 0.25) is 0 Å². The minimum Gasteiger partial charge on any atom is -0.301 e. The van der Waals surface area contributed by atoms with E-state index in [4.69, 9.17) is 0 Å². The Labute approximate surface area is 112 Å². The average Bonchev–Trinajstić information content (AvgIpc) is 2.32. The molecule has 100 valence electrons. The van der Waals surface area contributed by atoms with Gasteiger partial charge in [0.1, 0.15) is 0 Å². The van der Waals surface area contributed by atoms with Gasteiger partial charge in [-0.15, -0.1) is 6.58 Å². The van der Waals surface area contributed by atoms with Crippen LogP contribution < -0.4 is 0 Å². The maximum absolute atomic E-state index is 3.78. The largest absolute Gasteiger partial charge is 0.301 e. The van der Waals surface area contributed by atoms with Gasteiger partial charge >= 0.3 is 0 Å². The molecule has 0 N–H and O–H groups in total. The van der Waals surface area contributed by atoms with Gasteiger partial charge in [0.05, 0.1) is 0 Å². The summed E-state index contributed by atoms with van der Waals surface area (Å²) in [6, 6.07) is 9.32. The van der Waals surface area contributed by atoms with Gasteiger partial charge < -0.3 is 4.90 Å². The third-order valence-corrected chi connectivity index (χ3v) is 3.32. The Morgan fingerprint density at radius 2 is 1.83 bits per heavy atom. The highest BCUT2D eigenvalue weighted by Gasteiger charge is 2.10. The fourth-order valence-electron chi connectivity index (χ4n) is 2.04. The highest BCUT2D eigenvalue weighted by molar-refractivity contribution is 5.21. The monoisotopic (exact) mass is 246 g/mol. The van der Waals surface area contributed by atoms with Gasteiger partial charge in [0, 0.05) is 25.7 Å². The van der Waals surface area contributed by atoms with Crippen LogP contribution in [0.15, 0.2) is 36.9 Å². The van der Waals surface area contributed by atoms with E-state index in [1.807, 2.05) is 6.08 Å². The Hall–Kier alpha value is -1.12. The summed E-state index contributed by atoms with van der Waals surface area (Å²) in [7, 11) is 4.32. The Morgan fingerprint density at radius 3 is 2.39 bits per heavy atom. The molecule has 0 bridgehead atoms. The van der Waals surface area contributed by atoms with Gasteiger partial charge in [0.2, 0.25) is 0 Å². The van der Waals surface area contributed by atoms with Gasteiger partial charge in [0.15, 0.2) is 0 Å². The molecule has 1 atom stereocenters.